The van der Waals surface area contributed by atoms with Crippen LogP contribution in [0.4, 0.5) is 0 Å². The summed E-state index contributed by atoms with van der Waals surface area (Å²) in [4.78, 5) is 31.8. The number of piperazine rings is 1. The van der Waals surface area contributed by atoms with E-state index in [1.807, 2.05) is 47.4 Å². The van der Waals surface area contributed by atoms with Gasteiger partial charge in [0.25, 0.3) is 0 Å². The number of nitrogens with one attached hydrogen (secondary N) is 1. The Kier molecular flexibility index (Phi) is 5.61. The molecule has 2 fully saturated rings. The van der Waals surface area contributed by atoms with E-state index < -0.39 is 6.04 Å². The molecule has 0 saturated carbocycles. The van der Waals surface area contributed by atoms with Crippen molar-refractivity contribution in [1.82, 2.24) is 15.3 Å². The molecule has 2 aliphatic heterocycles. The molecule has 128 valence electrons. The molecule has 2 aliphatic rings. The van der Waals surface area contributed by atoms with Crippen molar-refractivity contribution in [2.75, 3.05) is 32.8 Å². The van der Waals surface area contributed by atoms with Crippen LogP contribution in [0.1, 0.15) is 18.4 Å². The summed E-state index contributed by atoms with van der Waals surface area (Å²) in [5, 5.41) is 4.24. The molecule has 0 unspecified atom stereocenters. The van der Waals surface area contributed by atoms with Gasteiger partial charge in [-0.1, -0.05) is 42.5 Å². The fourth-order valence-corrected chi connectivity index (χ4v) is 3.00. The highest BCUT2D eigenvalue weighted by Crippen LogP contribution is 2.14. The third-order valence-corrected chi connectivity index (χ3v) is 4.29. The second-order valence-electron chi connectivity index (χ2n) is 6.00. The van der Waals surface area contributed by atoms with Gasteiger partial charge < -0.3 is 5.32 Å². The van der Waals surface area contributed by atoms with Crippen LogP contribution in [-0.4, -0.2) is 60.6 Å². The molecule has 24 heavy (non-hydrogen) atoms. The number of carbonyl (C=O) groups excluding carboxylic acids is 2. The van der Waals surface area contributed by atoms with Crippen LogP contribution >= 0.6 is 0 Å². The number of hydrogen-bond acceptors (Lipinski definition) is 4. The zero-order valence-electron chi connectivity index (χ0n) is 13.7. The maximum absolute atomic E-state index is 12.3. The smallest absolute Gasteiger partial charge is 0.248 e. The molecule has 2 heterocycles. The molecular weight excluding hydrogens is 306 g/mol. The molecule has 1 aromatic rings. The number of carbonyl (C=O) groups is 2. The Hall–Kier alpha value is -2.18. The Morgan fingerprint density at radius 2 is 2.12 bits per heavy atom. The molecule has 0 aromatic heterocycles. The number of amides is 2. The first-order valence-corrected chi connectivity index (χ1v) is 8.40. The fraction of sp³-hybridized carbons (Fsp3) is 0.444. The van der Waals surface area contributed by atoms with Crippen LogP contribution < -0.4 is 5.32 Å². The standard InChI is InChI=1S/C18H23N3O3/c22-17(21-11-5-13-24-21)14-16-18(23)19-9-12-20(16)10-4-8-15-6-2-1-3-7-15/h1-4,6-8,16H,5,9-14H2,(H,19,23)/b8-4+/t16-/m1/s1. The van der Waals surface area contributed by atoms with E-state index in [1.54, 1.807) is 0 Å². The Morgan fingerprint density at radius 3 is 2.88 bits per heavy atom. The molecule has 0 spiro atoms. The van der Waals surface area contributed by atoms with Crippen LogP contribution in [0.15, 0.2) is 36.4 Å². The monoisotopic (exact) mass is 329 g/mol. The lowest BCUT2D eigenvalue weighted by Crippen LogP contribution is -2.56. The van der Waals surface area contributed by atoms with Gasteiger partial charge in [0.1, 0.15) is 0 Å². The SMILES string of the molecule is O=C1NCCN(C/C=C/c2ccccc2)[C@@H]1CC(=O)N1CCCO1. The van der Waals surface area contributed by atoms with Gasteiger partial charge in [-0.25, -0.2) is 5.06 Å². The Labute approximate surface area is 142 Å². The van der Waals surface area contributed by atoms with E-state index in [2.05, 4.69) is 5.32 Å². The van der Waals surface area contributed by atoms with Crippen LogP contribution in [0.5, 0.6) is 0 Å². The first-order chi connectivity index (χ1) is 11.7. The summed E-state index contributed by atoms with van der Waals surface area (Å²) in [5.41, 5.74) is 1.12. The molecule has 1 aromatic carbocycles. The number of benzene rings is 1. The minimum absolute atomic E-state index is 0.0816. The number of rotatable bonds is 5. The molecule has 0 bridgehead atoms. The van der Waals surface area contributed by atoms with Crippen molar-refractivity contribution in [3.8, 4) is 0 Å². The minimum atomic E-state index is -0.434. The largest absolute Gasteiger partial charge is 0.353 e. The van der Waals surface area contributed by atoms with Gasteiger partial charge in [0, 0.05) is 19.6 Å². The van der Waals surface area contributed by atoms with E-state index in [0.29, 0.717) is 26.2 Å². The maximum atomic E-state index is 12.3. The van der Waals surface area contributed by atoms with Gasteiger partial charge in [-0.05, 0) is 12.0 Å². The fourth-order valence-electron chi connectivity index (χ4n) is 3.00. The first kappa shape index (κ1) is 16.7. The average Bonchev–Trinajstić information content (AvgIpc) is 3.13. The molecule has 2 saturated heterocycles. The van der Waals surface area contributed by atoms with E-state index in [9.17, 15) is 9.59 Å². The molecule has 6 heteroatoms. The maximum Gasteiger partial charge on any atom is 0.248 e. The summed E-state index contributed by atoms with van der Waals surface area (Å²) in [7, 11) is 0. The predicted molar refractivity (Wildman–Crippen MR) is 90.7 cm³/mol. The number of hydrogen-bond donors (Lipinski definition) is 1. The van der Waals surface area contributed by atoms with Crippen molar-refractivity contribution in [3.63, 3.8) is 0 Å². The van der Waals surface area contributed by atoms with Gasteiger partial charge in [0.15, 0.2) is 0 Å². The van der Waals surface area contributed by atoms with Crippen molar-refractivity contribution in [3.05, 3.63) is 42.0 Å². The molecular formula is C18H23N3O3. The van der Waals surface area contributed by atoms with Gasteiger partial charge in [-0.3, -0.25) is 19.3 Å². The first-order valence-electron chi connectivity index (χ1n) is 8.40. The third-order valence-electron chi connectivity index (χ3n) is 4.29. The van der Waals surface area contributed by atoms with E-state index >= 15 is 0 Å². The number of nitrogens with zero attached hydrogens (tertiary/aromatic N) is 2. The molecule has 1 atom stereocenters. The second kappa shape index (κ2) is 8.08. The number of hydroxylamine groups is 2. The lowest BCUT2D eigenvalue weighted by atomic mass is 10.1. The Morgan fingerprint density at radius 1 is 1.29 bits per heavy atom. The summed E-state index contributed by atoms with van der Waals surface area (Å²) in [6.45, 7) is 3.18. The summed E-state index contributed by atoms with van der Waals surface area (Å²) in [6, 6.07) is 9.60. The van der Waals surface area contributed by atoms with Crippen LogP contribution in [0.25, 0.3) is 6.08 Å². The lowest BCUT2D eigenvalue weighted by molar-refractivity contribution is -0.171. The quantitative estimate of drug-likeness (QED) is 0.877. The van der Waals surface area contributed by atoms with Crippen molar-refractivity contribution in [2.45, 2.75) is 18.9 Å². The van der Waals surface area contributed by atoms with E-state index in [1.165, 1.54) is 5.06 Å². The van der Waals surface area contributed by atoms with Crippen molar-refractivity contribution < 1.29 is 14.4 Å². The van der Waals surface area contributed by atoms with Gasteiger partial charge in [-0.2, -0.15) is 0 Å². The highest BCUT2D eigenvalue weighted by Gasteiger charge is 2.33. The van der Waals surface area contributed by atoms with Crippen molar-refractivity contribution in [1.29, 1.82) is 0 Å². The molecule has 0 radical (unpaired) electrons. The van der Waals surface area contributed by atoms with Gasteiger partial charge in [0.05, 0.1) is 25.6 Å². The van der Waals surface area contributed by atoms with E-state index in [-0.39, 0.29) is 18.2 Å². The van der Waals surface area contributed by atoms with E-state index in [0.717, 1.165) is 18.5 Å². The van der Waals surface area contributed by atoms with E-state index in [4.69, 9.17) is 4.84 Å². The van der Waals surface area contributed by atoms with Crippen LogP contribution in [0.3, 0.4) is 0 Å². The van der Waals surface area contributed by atoms with Crippen LogP contribution in [0, 0.1) is 0 Å². The molecule has 3 rings (SSSR count). The summed E-state index contributed by atoms with van der Waals surface area (Å²) in [6.07, 6.45) is 5.09. The zero-order chi connectivity index (χ0) is 16.8. The third kappa shape index (κ3) is 4.21. The highest BCUT2D eigenvalue weighted by atomic mass is 16.7. The average molecular weight is 329 g/mol. The molecule has 6 nitrogen and oxygen atoms in total. The van der Waals surface area contributed by atoms with Crippen molar-refractivity contribution >= 4 is 17.9 Å². The summed E-state index contributed by atoms with van der Waals surface area (Å²) in [5.74, 6) is -0.200. The van der Waals surface area contributed by atoms with Gasteiger partial charge >= 0.3 is 0 Å². The molecule has 0 aliphatic carbocycles. The molecule has 1 N–H and O–H groups in total. The predicted octanol–water partition coefficient (Wildman–Crippen LogP) is 1.05. The van der Waals surface area contributed by atoms with Gasteiger partial charge in [0.2, 0.25) is 11.8 Å². The highest BCUT2D eigenvalue weighted by molar-refractivity contribution is 5.88. The zero-order valence-corrected chi connectivity index (χ0v) is 13.7. The normalized spacial score (nSPS) is 22.1. The lowest BCUT2D eigenvalue weighted by Gasteiger charge is -2.34. The Bertz CT molecular complexity index is 597. The second-order valence-corrected chi connectivity index (χ2v) is 6.00. The molecule has 2 amide bonds. The Balaban J connectivity index is 1.60. The summed E-state index contributed by atoms with van der Waals surface area (Å²) >= 11 is 0. The van der Waals surface area contributed by atoms with Crippen LogP contribution in [-0.2, 0) is 14.4 Å². The van der Waals surface area contributed by atoms with Gasteiger partial charge in [-0.15, -0.1) is 0 Å². The topological polar surface area (TPSA) is 61.9 Å². The van der Waals surface area contributed by atoms with Crippen molar-refractivity contribution in [2.24, 2.45) is 0 Å². The summed E-state index contributed by atoms with van der Waals surface area (Å²) < 4.78 is 0. The minimum Gasteiger partial charge on any atom is -0.353 e. The van der Waals surface area contributed by atoms with Crippen LogP contribution in [0.2, 0.25) is 0 Å².